The smallest absolute Gasteiger partial charge is 0.326 e. The first-order valence-electron chi connectivity index (χ1n) is 12.5. The van der Waals surface area contributed by atoms with Crippen LogP contribution in [0.2, 0.25) is 0 Å². The molecule has 1 heterocycles. The third kappa shape index (κ3) is 4.39. The maximum absolute atomic E-state index is 13.0. The quantitative estimate of drug-likeness (QED) is 0.374. The molecule has 1 aromatic rings. The number of amides is 2. The Labute approximate surface area is 205 Å². The number of thioether (sulfide) groups is 1. The van der Waals surface area contributed by atoms with Crippen molar-refractivity contribution >= 4 is 35.0 Å². The fraction of sp³-hybridized carbons (Fsp3) is 0.593. The van der Waals surface area contributed by atoms with Crippen LogP contribution in [0.25, 0.3) is 6.08 Å². The fourth-order valence-electron chi connectivity index (χ4n) is 6.95. The van der Waals surface area contributed by atoms with E-state index < -0.39 is 17.1 Å². The second-order valence-corrected chi connectivity index (χ2v) is 11.7. The number of nitrogens with zero attached hydrogens (tertiary/aromatic N) is 1. The monoisotopic (exact) mass is 483 g/mol. The van der Waals surface area contributed by atoms with Gasteiger partial charge in [-0.15, -0.1) is 0 Å². The lowest BCUT2D eigenvalue weighted by Gasteiger charge is -2.57. The summed E-state index contributed by atoms with van der Waals surface area (Å²) in [7, 11) is 0. The normalized spacial score (nSPS) is 31.1. The molecule has 1 saturated heterocycles. The van der Waals surface area contributed by atoms with Crippen LogP contribution in [0, 0.1) is 17.8 Å². The number of hydrogen-bond acceptors (Lipinski definition) is 6. The van der Waals surface area contributed by atoms with Gasteiger partial charge in [0, 0.05) is 5.56 Å². The van der Waals surface area contributed by atoms with Crippen molar-refractivity contribution in [2.45, 2.75) is 70.8 Å². The van der Waals surface area contributed by atoms with Crippen molar-refractivity contribution in [2.24, 2.45) is 17.8 Å². The van der Waals surface area contributed by atoms with Crippen LogP contribution in [0.3, 0.4) is 0 Å². The van der Waals surface area contributed by atoms with Gasteiger partial charge in [-0.1, -0.05) is 6.07 Å². The maximum atomic E-state index is 13.0. The van der Waals surface area contributed by atoms with Gasteiger partial charge >= 0.3 is 5.97 Å². The summed E-state index contributed by atoms with van der Waals surface area (Å²) in [5, 5.41) is -0.452. The highest BCUT2D eigenvalue weighted by atomic mass is 32.2. The van der Waals surface area contributed by atoms with E-state index in [-0.39, 0.29) is 18.1 Å². The minimum Gasteiger partial charge on any atom is -0.493 e. The number of esters is 1. The van der Waals surface area contributed by atoms with Gasteiger partial charge in [0.2, 0.25) is 0 Å². The van der Waals surface area contributed by atoms with Crippen LogP contribution in [0.1, 0.15) is 70.4 Å². The van der Waals surface area contributed by atoms with Crippen molar-refractivity contribution in [1.29, 1.82) is 0 Å². The number of carbonyl (C=O) groups excluding carboxylic acids is 3. The molecule has 5 fully saturated rings. The van der Waals surface area contributed by atoms with E-state index in [1.165, 1.54) is 44.1 Å². The molecule has 0 radical (unpaired) electrons. The highest BCUT2D eigenvalue weighted by Gasteiger charge is 2.51. The van der Waals surface area contributed by atoms with Gasteiger partial charge in [0.05, 0.1) is 17.6 Å². The molecule has 34 heavy (non-hydrogen) atoms. The van der Waals surface area contributed by atoms with Gasteiger partial charge in [0.1, 0.15) is 12.3 Å². The number of hydrogen-bond donors (Lipinski definition) is 0. The molecule has 4 aliphatic carbocycles. The Morgan fingerprint density at radius 3 is 2.38 bits per heavy atom. The zero-order valence-electron chi connectivity index (χ0n) is 20.2. The number of rotatable bonds is 7. The van der Waals surface area contributed by atoms with Crippen LogP contribution in [0.15, 0.2) is 23.1 Å². The van der Waals surface area contributed by atoms with E-state index in [1.807, 2.05) is 13.0 Å². The third-order valence-corrected chi connectivity index (χ3v) is 8.68. The fourth-order valence-corrected chi connectivity index (χ4v) is 7.78. The van der Waals surface area contributed by atoms with Gasteiger partial charge in [-0.3, -0.25) is 19.3 Å². The molecule has 0 spiro atoms. The first kappa shape index (κ1) is 23.5. The Hall–Kier alpha value is -2.28. The molecule has 2 amide bonds. The second kappa shape index (κ2) is 9.06. The van der Waals surface area contributed by atoms with E-state index in [0.29, 0.717) is 17.3 Å². The molecule has 182 valence electrons. The van der Waals surface area contributed by atoms with Gasteiger partial charge in [-0.2, -0.15) is 0 Å². The Morgan fingerprint density at radius 2 is 1.79 bits per heavy atom. The second-order valence-electron chi connectivity index (χ2n) is 10.7. The third-order valence-electron chi connectivity index (χ3n) is 7.77. The highest BCUT2D eigenvalue weighted by Crippen LogP contribution is 2.61. The number of benzene rings is 1. The molecule has 4 saturated carbocycles. The molecule has 0 atom stereocenters. The Bertz CT molecular complexity index is 1010. The first-order chi connectivity index (χ1) is 16.3. The number of ether oxygens (including phenoxy) is 2. The Balaban J connectivity index is 1.43. The van der Waals surface area contributed by atoms with E-state index in [1.54, 1.807) is 19.9 Å². The Morgan fingerprint density at radius 1 is 1.15 bits per heavy atom. The molecule has 0 N–H and O–H groups in total. The molecule has 7 heteroatoms. The van der Waals surface area contributed by atoms with Crippen molar-refractivity contribution in [3.63, 3.8) is 0 Å². The molecular weight excluding hydrogens is 450 g/mol. The van der Waals surface area contributed by atoms with Crippen molar-refractivity contribution in [3.8, 4) is 5.75 Å². The zero-order chi connectivity index (χ0) is 24.0. The lowest BCUT2D eigenvalue weighted by atomic mass is 9.48. The number of imide groups is 1. The molecule has 0 unspecified atom stereocenters. The summed E-state index contributed by atoms with van der Waals surface area (Å²) < 4.78 is 11.0. The number of carbonyl (C=O) groups is 3. The summed E-state index contributed by atoms with van der Waals surface area (Å²) in [6.07, 6.45) is 9.36. The highest BCUT2D eigenvalue weighted by molar-refractivity contribution is 8.18. The minimum atomic E-state index is -0.586. The molecule has 5 aliphatic rings. The summed E-state index contributed by atoms with van der Waals surface area (Å²) in [6.45, 7) is 5.55. The van der Waals surface area contributed by atoms with Crippen molar-refractivity contribution < 1.29 is 23.9 Å². The van der Waals surface area contributed by atoms with Crippen LogP contribution in [0.5, 0.6) is 5.75 Å². The van der Waals surface area contributed by atoms with Gasteiger partial charge < -0.3 is 9.47 Å². The molecule has 0 aromatic heterocycles. The van der Waals surface area contributed by atoms with Gasteiger partial charge in [-0.25, -0.2) is 0 Å². The van der Waals surface area contributed by atoms with Crippen LogP contribution in [-0.2, 0) is 19.7 Å². The largest absolute Gasteiger partial charge is 0.493 e. The van der Waals surface area contributed by atoms with E-state index in [9.17, 15) is 14.4 Å². The molecule has 6 rings (SSSR count). The molecule has 4 bridgehead atoms. The lowest BCUT2D eigenvalue weighted by molar-refractivity contribution is -0.149. The summed E-state index contributed by atoms with van der Waals surface area (Å²) in [4.78, 5) is 38.8. The molecule has 6 nitrogen and oxygen atoms in total. The van der Waals surface area contributed by atoms with Crippen LogP contribution in [0.4, 0.5) is 4.79 Å². The standard InChI is InChI=1S/C27H33NO5S/c1-4-32-22-6-5-21(27-12-17-7-18(13-27)9-19(8-17)14-27)10-20(22)11-23-25(30)28(26(31)34-23)15-24(29)33-16(2)3/h5-6,10-11,16-19H,4,7-9,12-15H2,1-3H3/b23-11-. The molecule has 1 aliphatic heterocycles. The topological polar surface area (TPSA) is 72.9 Å². The van der Waals surface area contributed by atoms with E-state index >= 15 is 0 Å². The van der Waals surface area contributed by atoms with E-state index in [4.69, 9.17) is 9.47 Å². The van der Waals surface area contributed by atoms with Crippen molar-refractivity contribution in [2.75, 3.05) is 13.2 Å². The first-order valence-corrected chi connectivity index (χ1v) is 13.3. The summed E-state index contributed by atoms with van der Waals surface area (Å²) in [5.74, 6) is 2.17. The SMILES string of the molecule is CCOc1ccc(C23CC4CC(CC(C4)C2)C3)cc1/C=C1\SC(=O)N(CC(=O)OC(C)C)C1=O. The van der Waals surface area contributed by atoms with Crippen molar-refractivity contribution in [1.82, 2.24) is 4.90 Å². The van der Waals surface area contributed by atoms with Crippen LogP contribution < -0.4 is 4.74 Å². The Kier molecular flexibility index (Phi) is 6.25. The lowest BCUT2D eigenvalue weighted by Crippen LogP contribution is -2.48. The zero-order valence-corrected chi connectivity index (χ0v) is 21.0. The average molecular weight is 484 g/mol. The van der Waals surface area contributed by atoms with E-state index in [2.05, 4.69) is 12.1 Å². The van der Waals surface area contributed by atoms with E-state index in [0.717, 1.165) is 40.0 Å². The van der Waals surface area contributed by atoms with Crippen LogP contribution >= 0.6 is 11.8 Å². The van der Waals surface area contributed by atoms with Gasteiger partial charge in [0.15, 0.2) is 0 Å². The van der Waals surface area contributed by atoms with Gasteiger partial charge in [-0.05, 0) is 118 Å². The summed E-state index contributed by atoms with van der Waals surface area (Å²) in [6, 6.07) is 6.41. The summed E-state index contributed by atoms with van der Waals surface area (Å²) in [5.41, 5.74) is 2.38. The maximum Gasteiger partial charge on any atom is 0.326 e. The predicted molar refractivity (Wildman–Crippen MR) is 131 cm³/mol. The molecular formula is C27H33NO5S. The predicted octanol–water partition coefficient (Wildman–Crippen LogP) is 5.54. The minimum absolute atomic E-state index is 0.224. The summed E-state index contributed by atoms with van der Waals surface area (Å²) >= 11 is 0.865. The van der Waals surface area contributed by atoms with Gasteiger partial charge in [0.25, 0.3) is 11.1 Å². The molecule has 1 aromatic carbocycles. The average Bonchev–Trinajstić information content (AvgIpc) is 3.01. The van der Waals surface area contributed by atoms with Crippen LogP contribution in [-0.4, -0.2) is 41.3 Å². The van der Waals surface area contributed by atoms with Crippen molar-refractivity contribution in [3.05, 3.63) is 34.2 Å².